The van der Waals surface area contributed by atoms with Crippen LogP contribution in [0.4, 0.5) is 0 Å². The first-order valence-electron chi connectivity index (χ1n) is 5.32. The van der Waals surface area contributed by atoms with Gasteiger partial charge in [0.15, 0.2) is 0 Å². The molecule has 0 unspecified atom stereocenters. The molecule has 1 aromatic heterocycles. The molecule has 1 heterocycles. The second-order valence-electron chi connectivity index (χ2n) is 3.77. The van der Waals surface area contributed by atoms with Gasteiger partial charge in [-0.2, -0.15) is 0 Å². The number of hydrazine groups is 1. The van der Waals surface area contributed by atoms with Gasteiger partial charge in [0.25, 0.3) is 0 Å². The number of benzene rings is 1. The summed E-state index contributed by atoms with van der Waals surface area (Å²) in [5.74, 6) is 4.82. The lowest BCUT2D eigenvalue weighted by Crippen LogP contribution is -2.31. The molecular formula is C12H12ClN3OS. The van der Waals surface area contributed by atoms with Crippen molar-refractivity contribution in [1.82, 2.24) is 10.4 Å². The van der Waals surface area contributed by atoms with Crippen LogP contribution in [-0.4, -0.2) is 10.9 Å². The fourth-order valence-corrected chi connectivity index (χ4v) is 2.57. The lowest BCUT2D eigenvalue weighted by Gasteiger charge is -1.97. The van der Waals surface area contributed by atoms with Crippen molar-refractivity contribution in [1.29, 1.82) is 0 Å². The summed E-state index contributed by atoms with van der Waals surface area (Å²) >= 11 is 7.39. The summed E-state index contributed by atoms with van der Waals surface area (Å²) in [7, 11) is 0. The van der Waals surface area contributed by atoms with Crippen molar-refractivity contribution >= 4 is 28.8 Å². The third kappa shape index (κ3) is 2.87. The molecule has 1 amide bonds. The highest BCUT2D eigenvalue weighted by molar-refractivity contribution is 7.15. The van der Waals surface area contributed by atoms with E-state index >= 15 is 0 Å². The number of halogens is 1. The van der Waals surface area contributed by atoms with Crippen LogP contribution in [0.1, 0.15) is 10.6 Å². The van der Waals surface area contributed by atoms with Crippen molar-refractivity contribution in [2.75, 3.05) is 0 Å². The van der Waals surface area contributed by atoms with Crippen LogP contribution in [0.3, 0.4) is 0 Å². The van der Waals surface area contributed by atoms with Gasteiger partial charge in [0.2, 0.25) is 5.91 Å². The Morgan fingerprint density at radius 3 is 2.72 bits per heavy atom. The Hall–Kier alpha value is -1.43. The van der Waals surface area contributed by atoms with Crippen LogP contribution in [0.2, 0.25) is 5.02 Å². The SMILES string of the molecule is Cc1sc(-c2ccc(Cl)cc2)nc1CC(=O)NN. The van der Waals surface area contributed by atoms with E-state index in [9.17, 15) is 4.79 Å². The summed E-state index contributed by atoms with van der Waals surface area (Å²) in [5.41, 5.74) is 3.86. The number of aromatic nitrogens is 1. The summed E-state index contributed by atoms with van der Waals surface area (Å²) in [6.07, 6.45) is 0.201. The minimum Gasteiger partial charge on any atom is -0.294 e. The Labute approximate surface area is 114 Å². The molecule has 3 N–H and O–H groups in total. The molecule has 1 aromatic carbocycles. The van der Waals surface area contributed by atoms with Crippen LogP contribution in [0.15, 0.2) is 24.3 Å². The zero-order valence-electron chi connectivity index (χ0n) is 9.74. The Kier molecular flexibility index (Phi) is 3.96. The summed E-state index contributed by atoms with van der Waals surface area (Å²) in [6, 6.07) is 7.46. The maximum absolute atomic E-state index is 11.2. The zero-order chi connectivity index (χ0) is 13.1. The topological polar surface area (TPSA) is 68.0 Å². The number of carbonyl (C=O) groups is 1. The molecule has 0 aliphatic carbocycles. The Bertz CT molecular complexity index is 565. The van der Waals surface area contributed by atoms with Crippen LogP contribution in [0.25, 0.3) is 10.6 Å². The molecule has 0 saturated heterocycles. The molecule has 0 bridgehead atoms. The number of hydrogen-bond acceptors (Lipinski definition) is 4. The molecule has 18 heavy (non-hydrogen) atoms. The Balaban J connectivity index is 2.28. The smallest absolute Gasteiger partial charge is 0.239 e. The molecule has 0 saturated carbocycles. The number of carbonyl (C=O) groups excluding carboxylic acids is 1. The average molecular weight is 282 g/mol. The van der Waals surface area contributed by atoms with Crippen LogP contribution in [0.5, 0.6) is 0 Å². The number of nitrogens with one attached hydrogen (secondary N) is 1. The Morgan fingerprint density at radius 1 is 1.44 bits per heavy atom. The predicted molar refractivity (Wildman–Crippen MR) is 73.3 cm³/mol. The summed E-state index contributed by atoms with van der Waals surface area (Å²) in [5, 5.41) is 1.57. The molecule has 0 atom stereocenters. The van der Waals surface area contributed by atoms with Gasteiger partial charge in [-0.15, -0.1) is 11.3 Å². The second kappa shape index (κ2) is 5.48. The van der Waals surface area contributed by atoms with Crippen LogP contribution in [0, 0.1) is 6.92 Å². The maximum atomic E-state index is 11.2. The molecule has 0 fully saturated rings. The lowest BCUT2D eigenvalue weighted by molar-refractivity contribution is -0.120. The van der Waals surface area contributed by atoms with Crippen molar-refractivity contribution in [2.45, 2.75) is 13.3 Å². The lowest BCUT2D eigenvalue weighted by atomic mass is 10.2. The third-order valence-electron chi connectivity index (χ3n) is 2.47. The number of aryl methyl sites for hydroxylation is 1. The van der Waals surface area contributed by atoms with Gasteiger partial charge in [-0.3, -0.25) is 10.2 Å². The first kappa shape index (κ1) is 13.0. The molecule has 4 nitrogen and oxygen atoms in total. The van der Waals surface area contributed by atoms with Crippen molar-refractivity contribution in [2.24, 2.45) is 5.84 Å². The number of amides is 1. The normalized spacial score (nSPS) is 10.4. The van der Waals surface area contributed by atoms with E-state index in [0.717, 1.165) is 21.1 Å². The van der Waals surface area contributed by atoms with E-state index in [0.29, 0.717) is 5.02 Å². The maximum Gasteiger partial charge on any atom is 0.239 e. The quantitative estimate of drug-likeness (QED) is 0.515. The highest BCUT2D eigenvalue weighted by Gasteiger charge is 2.12. The van der Waals surface area contributed by atoms with E-state index in [1.54, 1.807) is 11.3 Å². The fourth-order valence-electron chi connectivity index (χ4n) is 1.51. The number of rotatable bonds is 3. The predicted octanol–water partition coefficient (Wildman–Crippen LogP) is 2.30. The van der Waals surface area contributed by atoms with Crippen molar-refractivity contribution in [3.63, 3.8) is 0 Å². The van der Waals surface area contributed by atoms with Crippen molar-refractivity contribution in [3.05, 3.63) is 39.9 Å². The van der Waals surface area contributed by atoms with Crippen LogP contribution < -0.4 is 11.3 Å². The standard InChI is InChI=1S/C12H12ClN3OS/c1-7-10(6-11(17)16-14)15-12(18-7)8-2-4-9(13)5-3-8/h2-5H,6,14H2,1H3,(H,16,17). The number of thiazole rings is 1. The first-order chi connectivity index (χ1) is 8.60. The van der Waals surface area contributed by atoms with E-state index in [-0.39, 0.29) is 12.3 Å². The van der Waals surface area contributed by atoms with Gasteiger partial charge in [-0.1, -0.05) is 23.7 Å². The summed E-state index contributed by atoms with van der Waals surface area (Å²) in [4.78, 5) is 16.7. The van der Waals surface area contributed by atoms with Gasteiger partial charge in [0.05, 0.1) is 12.1 Å². The molecule has 0 spiro atoms. The number of hydrogen-bond donors (Lipinski definition) is 2. The minimum atomic E-state index is -0.244. The van der Waals surface area contributed by atoms with Gasteiger partial charge >= 0.3 is 0 Å². The van der Waals surface area contributed by atoms with E-state index in [1.807, 2.05) is 31.2 Å². The van der Waals surface area contributed by atoms with Gasteiger partial charge in [0, 0.05) is 15.5 Å². The molecule has 94 valence electrons. The molecule has 0 aliphatic rings. The molecule has 0 aliphatic heterocycles. The second-order valence-corrected chi connectivity index (χ2v) is 5.41. The monoisotopic (exact) mass is 281 g/mol. The van der Waals surface area contributed by atoms with Crippen LogP contribution >= 0.6 is 22.9 Å². The van der Waals surface area contributed by atoms with E-state index in [4.69, 9.17) is 17.4 Å². The molecule has 6 heteroatoms. The highest BCUT2D eigenvalue weighted by atomic mass is 35.5. The third-order valence-corrected chi connectivity index (χ3v) is 3.79. The van der Waals surface area contributed by atoms with Gasteiger partial charge < -0.3 is 0 Å². The number of nitrogens with zero attached hydrogens (tertiary/aromatic N) is 1. The molecular weight excluding hydrogens is 270 g/mol. The average Bonchev–Trinajstić information content (AvgIpc) is 2.71. The molecule has 2 rings (SSSR count). The largest absolute Gasteiger partial charge is 0.294 e. The minimum absolute atomic E-state index is 0.201. The van der Waals surface area contributed by atoms with Gasteiger partial charge in [-0.05, 0) is 19.1 Å². The van der Waals surface area contributed by atoms with E-state index in [2.05, 4.69) is 10.4 Å². The van der Waals surface area contributed by atoms with E-state index < -0.39 is 0 Å². The van der Waals surface area contributed by atoms with E-state index in [1.165, 1.54) is 0 Å². The van der Waals surface area contributed by atoms with Gasteiger partial charge in [-0.25, -0.2) is 10.8 Å². The van der Waals surface area contributed by atoms with Gasteiger partial charge in [0.1, 0.15) is 5.01 Å². The molecule has 0 radical (unpaired) electrons. The van der Waals surface area contributed by atoms with Crippen molar-refractivity contribution < 1.29 is 4.79 Å². The van der Waals surface area contributed by atoms with Crippen LogP contribution in [-0.2, 0) is 11.2 Å². The first-order valence-corrected chi connectivity index (χ1v) is 6.51. The number of nitrogens with two attached hydrogens (primary N) is 1. The zero-order valence-corrected chi connectivity index (χ0v) is 11.3. The summed E-state index contributed by atoms with van der Waals surface area (Å²) < 4.78 is 0. The Morgan fingerprint density at radius 2 is 2.11 bits per heavy atom. The summed E-state index contributed by atoms with van der Waals surface area (Å²) in [6.45, 7) is 1.94. The highest BCUT2D eigenvalue weighted by Crippen LogP contribution is 2.28. The molecule has 2 aromatic rings. The van der Waals surface area contributed by atoms with Crippen molar-refractivity contribution in [3.8, 4) is 10.6 Å². The fraction of sp³-hybridized carbons (Fsp3) is 0.167.